The molecule has 0 radical (unpaired) electrons. The van der Waals surface area contributed by atoms with Crippen molar-refractivity contribution in [3.63, 3.8) is 0 Å². The summed E-state index contributed by atoms with van der Waals surface area (Å²) in [6, 6.07) is 7.73. The average molecular weight is 417 g/mol. The minimum Gasteiger partial charge on any atom is -0.376 e. The predicted molar refractivity (Wildman–Crippen MR) is 111 cm³/mol. The van der Waals surface area contributed by atoms with Crippen LogP contribution < -0.4 is 10.2 Å². The fraction of sp³-hybridized carbons (Fsp3) is 0.368. The van der Waals surface area contributed by atoms with Crippen LogP contribution in [-0.4, -0.2) is 41.0 Å². The number of amides is 2. The molecule has 1 saturated heterocycles. The number of carbonyl (C=O) groups is 2. The number of aromatic nitrogens is 2. The van der Waals surface area contributed by atoms with Gasteiger partial charge < -0.3 is 4.74 Å². The summed E-state index contributed by atoms with van der Waals surface area (Å²) in [5.41, 5.74) is 1.45. The number of benzene rings is 1. The van der Waals surface area contributed by atoms with Crippen molar-refractivity contribution < 1.29 is 14.3 Å². The topological polar surface area (TPSA) is 84.4 Å². The maximum absolute atomic E-state index is 12.8. The highest BCUT2D eigenvalue weighted by Crippen LogP contribution is 2.30. The van der Waals surface area contributed by atoms with E-state index in [0.29, 0.717) is 27.4 Å². The number of anilines is 2. The highest BCUT2D eigenvalue weighted by Gasteiger charge is 2.26. The molecule has 3 heterocycles. The molecule has 1 N–H and O–H groups in total. The number of hydrogen-bond donors (Lipinski definition) is 1. The Morgan fingerprint density at radius 3 is 2.82 bits per heavy atom. The summed E-state index contributed by atoms with van der Waals surface area (Å²) in [6.45, 7) is 4.47. The first kappa shape index (κ1) is 19.0. The Morgan fingerprint density at radius 2 is 2.11 bits per heavy atom. The summed E-state index contributed by atoms with van der Waals surface area (Å²) in [7, 11) is 0. The Labute approximate surface area is 170 Å². The first-order chi connectivity index (χ1) is 13.5. The normalized spacial score (nSPS) is 16.4. The predicted octanol–water partition coefficient (Wildman–Crippen LogP) is 3.85. The molecule has 4 rings (SSSR count). The van der Waals surface area contributed by atoms with E-state index in [4.69, 9.17) is 4.74 Å². The zero-order chi connectivity index (χ0) is 19.7. The van der Waals surface area contributed by atoms with Crippen molar-refractivity contribution >= 4 is 55.0 Å². The van der Waals surface area contributed by atoms with Gasteiger partial charge in [-0.15, -0.1) is 0 Å². The summed E-state index contributed by atoms with van der Waals surface area (Å²) < 4.78 is 6.66. The molecule has 2 amide bonds. The first-order valence-corrected chi connectivity index (χ1v) is 10.7. The zero-order valence-corrected chi connectivity index (χ0v) is 17.2. The van der Waals surface area contributed by atoms with E-state index in [-0.39, 0.29) is 17.9 Å². The van der Waals surface area contributed by atoms with E-state index in [0.717, 1.165) is 29.7 Å². The number of para-hydroxylation sites is 1. The average Bonchev–Trinajstić information content (AvgIpc) is 3.38. The van der Waals surface area contributed by atoms with Crippen LogP contribution in [0.4, 0.5) is 10.3 Å². The molecule has 0 bridgehead atoms. The molecule has 1 fully saturated rings. The number of thiazole rings is 2. The lowest BCUT2D eigenvalue weighted by Crippen LogP contribution is -2.35. The molecule has 1 unspecified atom stereocenters. The van der Waals surface area contributed by atoms with E-state index in [2.05, 4.69) is 15.3 Å². The van der Waals surface area contributed by atoms with Crippen molar-refractivity contribution in [2.45, 2.75) is 32.8 Å². The van der Waals surface area contributed by atoms with Crippen molar-refractivity contribution in [1.82, 2.24) is 9.97 Å². The van der Waals surface area contributed by atoms with E-state index in [9.17, 15) is 9.59 Å². The monoisotopic (exact) mass is 416 g/mol. The molecule has 146 valence electrons. The third-order valence-electron chi connectivity index (χ3n) is 4.53. The lowest BCUT2D eigenvalue weighted by Gasteiger charge is -2.21. The number of hydrogen-bond acceptors (Lipinski definition) is 7. The largest absolute Gasteiger partial charge is 0.376 e. The number of rotatable bonds is 5. The van der Waals surface area contributed by atoms with Gasteiger partial charge in [-0.1, -0.05) is 34.8 Å². The molecule has 0 spiro atoms. The van der Waals surface area contributed by atoms with Gasteiger partial charge in [0.05, 0.1) is 28.6 Å². The van der Waals surface area contributed by atoms with E-state index >= 15 is 0 Å². The second-order valence-corrected chi connectivity index (χ2v) is 8.62. The van der Waals surface area contributed by atoms with Crippen LogP contribution in [0.3, 0.4) is 0 Å². The standard InChI is InChI=1S/C19H20N4O3S2/c1-11-16(17(25)22-18-21-14-7-3-4-8-15(14)27-18)28-19(20-11)23(12(2)24)10-13-6-5-9-26-13/h3-4,7-8,13H,5-6,9-10H2,1-2H3,(H,21,22,25). The van der Waals surface area contributed by atoms with Gasteiger partial charge in [-0.25, -0.2) is 9.97 Å². The molecule has 0 aliphatic carbocycles. The smallest absolute Gasteiger partial charge is 0.269 e. The van der Waals surface area contributed by atoms with Gasteiger partial charge in [0.15, 0.2) is 10.3 Å². The minimum atomic E-state index is -0.263. The molecule has 3 aromatic rings. The third-order valence-corrected chi connectivity index (χ3v) is 6.66. The van der Waals surface area contributed by atoms with Crippen LogP contribution in [0.25, 0.3) is 10.2 Å². The summed E-state index contributed by atoms with van der Waals surface area (Å²) in [4.78, 5) is 35.9. The Morgan fingerprint density at radius 1 is 1.29 bits per heavy atom. The van der Waals surface area contributed by atoms with Gasteiger partial charge in [-0.3, -0.25) is 19.8 Å². The Bertz CT molecular complexity index is 990. The van der Waals surface area contributed by atoms with Gasteiger partial charge in [0, 0.05) is 13.5 Å². The van der Waals surface area contributed by atoms with Crippen LogP contribution in [0, 0.1) is 6.92 Å². The van der Waals surface area contributed by atoms with Crippen molar-refractivity contribution in [1.29, 1.82) is 0 Å². The van der Waals surface area contributed by atoms with E-state index in [1.165, 1.54) is 29.6 Å². The molecule has 1 atom stereocenters. The molecular formula is C19H20N4O3S2. The van der Waals surface area contributed by atoms with Crippen molar-refractivity contribution in [3.8, 4) is 0 Å². The second-order valence-electron chi connectivity index (χ2n) is 6.62. The van der Waals surface area contributed by atoms with Gasteiger partial charge in [0.25, 0.3) is 5.91 Å². The molecule has 2 aromatic heterocycles. The highest BCUT2D eigenvalue weighted by molar-refractivity contribution is 7.22. The molecule has 9 heteroatoms. The van der Waals surface area contributed by atoms with Crippen LogP contribution in [0.2, 0.25) is 0 Å². The maximum atomic E-state index is 12.8. The van der Waals surface area contributed by atoms with Crippen LogP contribution in [-0.2, 0) is 9.53 Å². The molecular weight excluding hydrogens is 396 g/mol. The highest BCUT2D eigenvalue weighted by atomic mass is 32.1. The molecule has 28 heavy (non-hydrogen) atoms. The molecule has 7 nitrogen and oxygen atoms in total. The van der Waals surface area contributed by atoms with Gasteiger partial charge in [0.1, 0.15) is 4.88 Å². The number of carbonyl (C=O) groups excluding carboxylic acids is 2. The van der Waals surface area contributed by atoms with Gasteiger partial charge in [-0.05, 0) is 31.9 Å². The van der Waals surface area contributed by atoms with Crippen LogP contribution >= 0.6 is 22.7 Å². The van der Waals surface area contributed by atoms with Crippen LogP contribution in [0.1, 0.15) is 35.1 Å². The molecule has 1 aliphatic heterocycles. The lowest BCUT2D eigenvalue weighted by molar-refractivity contribution is -0.116. The zero-order valence-electron chi connectivity index (χ0n) is 15.6. The molecule has 1 aliphatic rings. The number of fused-ring (bicyclic) bond motifs is 1. The second kappa shape index (κ2) is 7.94. The van der Waals surface area contributed by atoms with Crippen LogP contribution in [0.5, 0.6) is 0 Å². The molecule has 0 saturated carbocycles. The minimum absolute atomic E-state index is 0.0214. The third kappa shape index (κ3) is 3.91. The SMILES string of the molecule is CC(=O)N(CC1CCCO1)c1nc(C)c(C(=O)Nc2nc3ccccc3s2)s1. The van der Waals surface area contributed by atoms with E-state index in [1.807, 2.05) is 24.3 Å². The lowest BCUT2D eigenvalue weighted by atomic mass is 10.2. The number of nitrogens with one attached hydrogen (secondary N) is 1. The summed E-state index contributed by atoms with van der Waals surface area (Å²) in [5, 5.41) is 3.92. The van der Waals surface area contributed by atoms with E-state index < -0.39 is 0 Å². The maximum Gasteiger partial charge on any atom is 0.269 e. The number of aryl methyl sites for hydroxylation is 1. The van der Waals surface area contributed by atoms with Gasteiger partial charge in [-0.2, -0.15) is 0 Å². The summed E-state index contributed by atoms with van der Waals surface area (Å²) in [5.74, 6) is -0.372. The van der Waals surface area contributed by atoms with Gasteiger partial charge >= 0.3 is 0 Å². The van der Waals surface area contributed by atoms with Crippen LogP contribution in [0.15, 0.2) is 24.3 Å². The summed E-state index contributed by atoms with van der Waals surface area (Å²) >= 11 is 2.64. The fourth-order valence-corrected chi connectivity index (χ4v) is 5.00. The Kier molecular flexibility index (Phi) is 5.38. The first-order valence-electron chi connectivity index (χ1n) is 9.05. The fourth-order valence-electron chi connectivity index (χ4n) is 3.12. The number of nitrogens with zero attached hydrogens (tertiary/aromatic N) is 3. The van der Waals surface area contributed by atoms with Crippen molar-refractivity contribution in [2.24, 2.45) is 0 Å². The quantitative estimate of drug-likeness (QED) is 0.683. The van der Waals surface area contributed by atoms with Gasteiger partial charge in [0.2, 0.25) is 5.91 Å². The van der Waals surface area contributed by atoms with Crippen molar-refractivity contribution in [2.75, 3.05) is 23.4 Å². The summed E-state index contributed by atoms with van der Waals surface area (Å²) in [6.07, 6.45) is 1.95. The number of ether oxygens (including phenoxy) is 1. The van der Waals surface area contributed by atoms with Crippen molar-refractivity contribution in [3.05, 3.63) is 34.8 Å². The Hall–Kier alpha value is -2.36. The molecule has 1 aromatic carbocycles. The Balaban J connectivity index is 1.53. The van der Waals surface area contributed by atoms with E-state index in [1.54, 1.807) is 11.8 Å².